The van der Waals surface area contributed by atoms with Gasteiger partial charge in [0.1, 0.15) is 5.75 Å². The van der Waals surface area contributed by atoms with Gasteiger partial charge in [0.05, 0.1) is 17.1 Å². The number of carbonyl (C=O) groups excluding carboxylic acids is 2. The zero-order valence-electron chi connectivity index (χ0n) is 19.8. The van der Waals surface area contributed by atoms with Crippen LogP contribution in [0.15, 0.2) is 77.3 Å². The first kappa shape index (κ1) is 26.4. The molecule has 3 N–H and O–H groups in total. The smallest absolute Gasteiger partial charge is 0.257 e. The monoisotopic (exact) mass is 553 g/mol. The normalized spacial score (nSPS) is 11.5. The highest BCUT2D eigenvalue weighted by molar-refractivity contribution is 9.10. The van der Waals surface area contributed by atoms with Gasteiger partial charge in [0.25, 0.3) is 11.8 Å². The lowest BCUT2D eigenvalue weighted by Crippen LogP contribution is -2.34. The fraction of sp³-hybridized carbons (Fsp3) is 0.222. The van der Waals surface area contributed by atoms with E-state index >= 15 is 0 Å². The maximum absolute atomic E-state index is 12.6. The molecule has 0 saturated carbocycles. The first-order valence-electron chi connectivity index (χ1n) is 11.2. The van der Waals surface area contributed by atoms with Crippen LogP contribution in [-0.2, 0) is 0 Å². The fourth-order valence-electron chi connectivity index (χ4n) is 3.16. The van der Waals surface area contributed by atoms with Crippen molar-refractivity contribution in [1.29, 1.82) is 0 Å². The molecule has 0 fully saturated rings. The van der Waals surface area contributed by atoms with Crippen LogP contribution in [0, 0.1) is 5.92 Å². The minimum Gasteiger partial charge on any atom is -0.492 e. The van der Waals surface area contributed by atoms with Gasteiger partial charge < -0.3 is 15.4 Å². The van der Waals surface area contributed by atoms with Crippen LogP contribution in [-0.4, -0.2) is 23.5 Å². The molecule has 2 amide bonds. The fourth-order valence-corrected chi connectivity index (χ4v) is 3.87. The molecule has 0 aliphatic carbocycles. The Hall–Kier alpha value is -3.23. The van der Waals surface area contributed by atoms with Crippen molar-refractivity contribution >= 4 is 50.8 Å². The maximum atomic E-state index is 12.6. The van der Waals surface area contributed by atoms with Crippen molar-refractivity contribution in [2.45, 2.75) is 26.8 Å². The first-order valence-corrected chi connectivity index (χ1v) is 12.4. The van der Waals surface area contributed by atoms with Crippen molar-refractivity contribution in [3.63, 3.8) is 0 Å². The third kappa shape index (κ3) is 7.90. The number of rotatable bonds is 8. The summed E-state index contributed by atoms with van der Waals surface area (Å²) >= 11 is 8.72. The molecule has 1 unspecified atom stereocenters. The Bertz CT molecular complexity index is 1180. The van der Waals surface area contributed by atoms with Crippen LogP contribution in [0.2, 0.25) is 0 Å². The molecule has 6 nitrogen and oxygen atoms in total. The summed E-state index contributed by atoms with van der Waals surface area (Å²) in [4.78, 5) is 25.1. The zero-order chi connectivity index (χ0) is 25.4. The van der Waals surface area contributed by atoms with Gasteiger partial charge in [0.15, 0.2) is 5.11 Å². The quantitative estimate of drug-likeness (QED) is 0.293. The number of anilines is 1. The minimum absolute atomic E-state index is 0.111. The average Bonchev–Trinajstić information content (AvgIpc) is 2.84. The molecule has 0 aromatic heterocycles. The molecule has 8 heteroatoms. The van der Waals surface area contributed by atoms with Gasteiger partial charge >= 0.3 is 0 Å². The molecule has 0 saturated heterocycles. The van der Waals surface area contributed by atoms with Crippen LogP contribution in [0.5, 0.6) is 5.75 Å². The summed E-state index contributed by atoms with van der Waals surface area (Å²) in [5, 5.41) is 8.77. The van der Waals surface area contributed by atoms with Gasteiger partial charge in [-0.1, -0.05) is 44.2 Å². The second-order valence-electron chi connectivity index (χ2n) is 8.44. The molecule has 0 radical (unpaired) electrons. The highest BCUT2D eigenvalue weighted by Crippen LogP contribution is 2.26. The van der Waals surface area contributed by atoms with Gasteiger partial charge in [0, 0.05) is 16.8 Å². The van der Waals surface area contributed by atoms with Gasteiger partial charge in [-0.05, 0) is 89.0 Å². The Labute approximate surface area is 219 Å². The van der Waals surface area contributed by atoms with E-state index in [0.29, 0.717) is 39.6 Å². The third-order valence-corrected chi connectivity index (χ3v) is 5.87. The van der Waals surface area contributed by atoms with Gasteiger partial charge in [-0.3, -0.25) is 14.9 Å². The molecule has 0 bridgehead atoms. The number of thiocarbonyl (C=S) groups is 1. The summed E-state index contributed by atoms with van der Waals surface area (Å²) in [5.41, 5.74) is 2.65. The topological polar surface area (TPSA) is 79.5 Å². The number of hydrogen-bond acceptors (Lipinski definition) is 4. The van der Waals surface area contributed by atoms with E-state index in [-0.39, 0.29) is 23.0 Å². The Morgan fingerprint density at radius 2 is 1.57 bits per heavy atom. The largest absolute Gasteiger partial charge is 0.492 e. The Balaban J connectivity index is 1.53. The minimum atomic E-state index is -0.343. The SMILES string of the molecule is CC(C)COc1ccc(C(=O)NC(=S)Nc2ccc(C(=O)NC(C)c3ccccc3)cc2)cc1Br. The van der Waals surface area contributed by atoms with Gasteiger partial charge in [-0.2, -0.15) is 0 Å². The number of hydrogen-bond donors (Lipinski definition) is 3. The van der Waals surface area contributed by atoms with Crippen molar-refractivity contribution in [1.82, 2.24) is 10.6 Å². The predicted molar refractivity (Wildman–Crippen MR) is 147 cm³/mol. The third-order valence-electron chi connectivity index (χ3n) is 5.05. The molecule has 0 spiro atoms. The average molecular weight is 555 g/mol. The maximum Gasteiger partial charge on any atom is 0.257 e. The van der Waals surface area contributed by atoms with Gasteiger partial charge in [-0.15, -0.1) is 0 Å². The molecule has 0 aliphatic rings. The first-order chi connectivity index (χ1) is 16.7. The van der Waals surface area contributed by atoms with Gasteiger partial charge in [-0.25, -0.2) is 0 Å². The number of carbonyl (C=O) groups is 2. The van der Waals surface area contributed by atoms with Crippen LogP contribution in [0.4, 0.5) is 5.69 Å². The van der Waals surface area contributed by atoms with E-state index in [2.05, 4.69) is 45.7 Å². The molecular formula is C27H28BrN3O3S. The summed E-state index contributed by atoms with van der Waals surface area (Å²) in [5.74, 6) is 0.563. The van der Waals surface area contributed by atoms with Crippen LogP contribution in [0.25, 0.3) is 0 Å². The van der Waals surface area contributed by atoms with Crippen molar-refractivity contribution < 1.29 is 14.3 Å². The van der Waals surface area contributed by atoms with E-state index in [4.69, 9.17) is 17.0 Å². The van der Waals surface area contributed by atoms with Crippen molar-refractivity contribution in [2.75, 3.05) is 11.9 Å². The van der Waals surface area contributed by atoms with Crippen LogP contribution >= 0.6 is 28.1 Å². The molecular weight excluding hydrogens is 526 g/mol. The molecule has 0 aliphatic heterocycles. The standard InChI is InChI=1S/C27H28BrN3O3S/c1-17(2)16-34-24-14-11-21(15-23(24)28)26(33)31-27(35)30-22-12-9-20(10-13-22)25(32)29-18(3)19-7-5-4-6-8-19/h4-15,17-18H,16H2,1-3H3,(H,29,32)(H2,30,31,33,35). The van der Waals surface area contributed by atoms with Crippen LogP contribution in [0.3, 0.4) is 0 Å². The summed E-state index contributed by atoms with van der Waals surface area (Å²) in [7, 11) is 0. The number of amides is 2. The summed E-state index contributed by atoms with van der Waals surface area (Å²) < 4.78 is 6.41. The highest BCUT2D eigenvalue weighted by Gasteiger charge is 2.13. The summed E-state index contributed by atoms with van der Waals surface area (Å²) in [6.45, 7) is 6.66. The molecule has 1 atom stereocenters. The second-order valence-corrected chi connectivity index (χ2v) is 9.70. The number of nitrogens with one attached hydrogen (secondary N) is 3. The lowest BCUT2D eigenvalue weighted by molar-refractivity contribution is 0.0938. The lowest BCUT2D eigenvalue weighted by atomic mass is 10.1. The Morgan fingerprint density at radius 3 is 2.20 bits per heavy atom. The number of benzene rings is 3. The number of halogens is 1. The molecule has 3 rings (SSSR count). The van der Waals surface area contributed by atoms with Crippen LogP contribution in [0.1, 0.15) is 53.1 Å². The zero-order valence-corrected chi connectivity index (χ0v) is 22.2. The molecule has 0 heterocycles. The number of ether oxygens (including phenoxy) is 1. The lowest BCUT2D eigenvalue weighted by Gasteiger charge is -2.15. The van der Waals surface area contributed by atoms with E-state index in [1.54, 1.807) is 42.5 Å². The van der Waals surface area contributed by atoms with Crippen molar-refractivity contribution in [3.05, 3.63) is 94.0 Å². The van der Waals surface area contributed by atoms with E-state index < -0.39 is 0 Å². The van der Waals surface area contributed by atoms with Gasteiger partial charge in [0.2, 0.25) is 0 Å². The Kier molecular flexibility index (Phi) is 9.39. The second kappa shape index (κ2) is 12.5. The van der Waals surface area contributed by atoms with Crippen molar-refractivity contribution in [3.8, 4) is 5.75 Å². The molecule has 3 aromatic rings. The molecule has 3 aromatic carbocycles. The van der Waals surface area contributed by atoms with E-state index in [9.17, 15) is 9.59 Å². The predicted octanol–water partition coefficient (Wildman–Crippen LogP) is 6.10. The van der Waals surface area contributed by atoms with Crippen molar-refractivity contribution in [2.24, 2.45) is 5.92 Å². The Morgan fingerprint density at radius 1 is 0.914 bits per heavy atom. The van der Waals surface area contributed by atoms with Crippen LogP contribution < -0.4 is 20.7 Å². The van der Waals surface area contributed by atoms with E-state index in [0.717, 1.165) is 5.56 Å². The summed E-state index contributed by atoms with van der Waals surface area (Å²) in [6.07, 6.45) is 0. The molecule has 182 valence electrons. The van der Waals surface area contributed by atoms with E-state index in [1.165, 1.54) is 0 Å². The summed E-state index contributed by atoms with van der Waals surface area (Å²) in [6, 6.07) is 21.7. The molecule has 35 heavy (non-hydrogen) atoms. The van der Waals surface area contributed by atoms with E-state index in [1.807, 2.05) is 37.3 Å². The highest BCUT2D eigenvalue weighted by atomic mass is 79.9.